The molecule has 128 valence electrons. The number of halogens is 1. The molecule has 0 aliphatic heterocycles. The van der Waals surface area contributed by atoms with Gasteiger partial charge < -0.3 is 10.6 Å². The zero-order chi connectivity index (χ0) is 18.5. The van der Waals surface area contributed by atoms with E-state index in [0.29, 0.717) is 33.6 Å². The summed E-state index contributed by atoms with van der Waals surface area (Å²) >= 11 is 6.07. The van der Waals surface area contributed by atoms with Gasteiger partial charge in [-0.25, -0.2) is 9.97 Å². The van der Waals surface area contributed by atoms with Gasteiger partial charge in [-0.1, -0.05) is 23.7 Å². The van der Waals surface area contributed by atoms with Crippen molar-refractivity contribution in [1.29, 1.82) is 5.26 Å². The molecule has 3 rings (SSSR count). The normalized spacial score (nSPS) is 10.0. The third-order valence-corrected chi connectivity index (χ3v) is 3.81. The number of amides is 1. The maximum absolute atomic E-state index is 12.5. The number of benzene rings is 2. The number of hydrogen-bond donors (Lipinski definition) is 2. The molecule has 6 nitrogen and oxygen atoms in total. The smallest absolute Gasteiger partial charge is 0.274 e. The first-order valence-electron chi connectivity index (χ1n) is 7.74. The number of aromatic nitrogens is 2. The Hall–Kier alpha value is -3.43. The van der Waals surface area contributed by atoms with Crippen LogP contribution >= 0.6 is 11.6 Å². The van der Waals surface area contributed by atoms with Crippen molar-refractivity contribution in [3.8, 4) is 6.07 Å². The molecule has 1 aromatic heterocycles. The van der Waals surface area contributed by atoms with Gasteiger partial charge in [0.1, 0.15) is 5.69 Å². The lowest BCUT2D eigenvalue weighted by molar-refractivity contribution is 0.102. The van der Waals surface area contributed by atoms with E-state index in [1.807, 2.05) is 0 Å². The van der Waals surface area contributed by atoms with Crippen molar-refractivity contribution < 1.29 is 4.79 Å². The molecular weight excluding hydrogens is 350 g/mol. The molecule has 26 heavy (non-hydrogen) atoms. The first-order chi connectivity index (χ1) is 12.5. The molecule has 0 saturated carbocycles. The average molecular weight is 364 g/mol. The summed E-state index contributed by atoms with van der Waals surface area (Å²) in [4.78, 5) is 21.0. The van der Waals surface area contributed by atoms with E-state index in [1.165, 1.54) is 0 Å². The summed E-state index contributed by atoms with van der Waals surface area (Å²) in [5.41, 5.74) is 2.64. The van der Waals surface area contributed by atoms with Crippen LogP contribution in [-0.2, 0) is 0 Å². The Morgan fingerprint density at radius 1 is 1.12 bits per heavy atom. The van der Waals surface area contributed by atoms with Gasteiger partial charge in [0.05, 0.1) is 22.3 Å². The van der Waals surface area contributed by atoms with Gasteiger partial charge in [-0.15, -0.1) is 0 Å². The number of para-hydroxylation sites is 1. The fourth-order valence-electron chi connectivity index (χ4n) is 2.25. The van der Waals surface area contributed by atoms with Crippen LogP contribution in [-0.4, -0.2) is 15.9 Å². The van der Waals surface area contributed by atoms with Crippen LogP contribution in [0.25, 0.3) is 0 Å². The largest absolute Gasteiger partial charge is 0.324 e. The number of nitrogens with zero attached hydrogens (tertiary/aromatic N) is 3. The summed E-state index contributed by atoms with van der Waals surface area (Å²) in [6.45, 7) is 1.78. The van der Waals surface area contributed by atoms with Gasteiger partial charge in [-0.3, -0.25) is 4.79 Å². The van der Waals surface area contributed by atoms with E-state index >= 15 is 0 Å². The Morgan fingerprint density at radius 2 is 1.85 bits per heavy atom. The fraction of sp³-hybridized carbons (Fsp3) is 0.0526. The van der Waals surface area contributed by atoms with Crippen LogP contribution in [0.4, 0.5) is 17.3 Å². The van der Waals surface area contributed by atoms with E-state index in [9.17, 15) is 4.79 Å². The third kappa shape index (κ3) is 4.15. The van der Waals surface area contributed by atoms with Crippen LogP contribution in [0.5, 0.6) is 0 Å². The lowest BCUT2D eigenvalue weighted by atomic mass is 10.2. The molecule has 0 aliphatic rings. The van der Waals surface area contributed by atoms with Crippen molar-refractivity contribution in [3.05, 3.63) is 76.6 Å². The lowest BCUT2D eigenvalue weighted by Gasteiger charge is -2.09. The highest BCUT2D eigenvalue weighted by atomic mass is 35.5. The van der Waals surface area contributed by atoms with Gasteiger partial charge in [-0.05, 0) is 49.4 Å². The van der Waals surface area contributed by atoms with Crippen molar-refractivity contribution >= 4 is 34.8 Å². The molecule has 3 aromatic rings. The van der Waals surface area contributed by atoms with Crippen molar-refractivity contribution in [2.75, 3.05) is 10.6 Å². The van der Waals surface area contributed by atoms with E-state index < -0.39 is 0 Å². The molecule has 0 fully saturated rings. The number of rotatable bonds is 4. The number of carbonyl (C=O) groups excluding carboxylic acids is 1. The van der Waals surface area contributed by atoms with Crippen LogP contribution in [0.15, 0.2) is 54.6 Å². The predicted octanol–water partition coefficient (Wildman–Crippen LogP) is 4.31. The molecular formula is C19H14ClN5O. The molecule has 2 N–H and O–H groups in total. The Morgan fingerprint density at radius 3 is 2.54 bits per heavy atom. The van der Waals surface area contributed by atoms with Crippen LogP contribution in [0.3, 0.4) is 0 Å². The molecule has 0 unspecified atom stereocenters. The van der Waals surface area contributed by atoms with Gasteiger partial charge in [0.2, 0.25) is 5.95 Å². The molecule has 0 spiro atoms. The highest BCUT2D eigenvalue weighted by Crippen LogP contribution is 2.21. The molecule has 0 atom stereocenters. The quantitative estimate of drug-likeness (QED) is 0.720. The minimum absolute atomic E-state index is 0.216. The minimum Gasteiger partial charge on any atom is -0.324 e. The van der Waals surface area contributed by atoms with Crippen molar-refractivity contribution in [3.63, 3.8) is 0 Å². The van der Waals surface area contributed by atoms with Gasteiger partial charge in [0.25, 0.3) is 5.91 Å². The second-order valence-corrected chi connectivity index (χ2v) is 5.87. The predicted molar refractivity (Wildman–Crippen MR) is 101 cm³/mol. The van der Waals surface area contributed by atoms with Crippen molar-refractivity contribution in [2.24, 2.45) is 0 Å². The van der Waals surface area contributed by atoms with E-state index in [2.05, 4.69) is 26.7 Å². The number of anilines is 3. The van der Waals surface area contributed by atoms with E-state index in [0.717, 1.165) is 0 Å². The van der Waals surface area contributed by atoms with Crippen molar-refractivity contribution in [2.45, 2.75) is 6.92 Å². The summed E-state index contributed by atoms with van der Waals surface area (Å²) in [7, 11) is 0. The zero-order valence-corrected chi connectivity index (χ0v) is 14.6. The highest BCUT2D eigenvalue weighted by Gasteiger charge is 2.12. The second-order valence-electron chi connectivity index (χ2n) is 5.47. The average Bonchev–Trinajstić information content (AvgIpc) is 2.64. The molecule has 2 aromatic carbocycles. The molecule has 0 aliphatic carbocycles. The van der Waals surface area contributed by atoms with E-state index in [-0.39, 0.29) is 11.6 Å². The minimum atomic E-state index is -0.383. The molecule has 1 heterocycles. The van der Waals surface area contributed by atoms with E-state index in [4.69, 9.17) is 16.9 Å². The molecule has 0 radical (unpaired) electrons. The number of nitrogens with one attached hydrogen (secondary N) is 2. The first kappa shape index (κ1) is 17.4. The maximum atomic E-state index is 12.5. The molecule has 0 saturated heterocycles. The number of aryl methyl sites for hydroxylation is 1. The van der Waals surface area contributed by atoms with Gasteiger partial charge >= 0.3 is 0 Å². The summed E-state index contributed by atoms with van der Waals surface area (Å²) in [5, 5.41) is 15.1. The molecule has 1 amide bonds. The summed E-state index contributed by atoms with van der Waals surface area (Å²) < 4.78 is 0. The van der Waals surface area contributed by atoms with Crippen LogP contribution in [0.2, 0.25) is 5.02 Å². The number of nitriles is 1. The summed E-state index contributed by atoms with van der Waals surface area (Å²) in [6, 6.07) is 17.5. The van der Waals surface area contributed by atoms with Crippen LogP contribution in [0, 0.1) is 18.3 Å². The first-order valence-corrected chi connectivity index (χ1v) is 8.12. The Kier molecular flexibility index (Phi) is 5.11. The van der Waals surface area contributed by atoms with Gasteiger partial charge in [0, 0.05) is 11.4 Å². The van der Waals surface area contributed by atoms with Gasteiger partial charge in [0.15, 0.2) is 0 Å². The third-order valence-electron chi connectivity index (χ3n) is 3.48. The van der Waals surface area contributed by atoms with E-state index in [1.54, 1.807) is 61.5 Å². The topological polar surface area (TPSA) is 90.7 Å². The maximum Gasteiger partial charge on any atom is 0.274 e. The summed E-state index contributed by atoms with van der Waals surface area (Å²) in [6.07, 6.45) is 0. The van der Waals surface area contributed by atoms with Gasteiger partial charge in [-0.2, -0.15) is 5.26 Å². The summed E-state index contributed by atoms with van der Waals surface area (Å²) in [5.74, 6) is -0.0921. The second kappa shape index (κ2) is 7.64. The Balaban J connectivity index is 1.81. The van der Waals surface area contributed by atoms with Crippen LogP contribution in [0.1, 0.15) is 21.7 Å². The monoisotopic (exact) mass is 363 g/mol. The standard InChI is InChI=1S/C19H14ClN5O/c1-12-10-17(18(26)24-16-5-3-2-4-15(16)20)25-19(22-12)23-14-8-6-13(11-21)7-9-14/h2-10H,1H3,(H,24,26)(H,22,23,25). The molecule has 0 bridgehead atoms. The molecule has 7 heteroatoms. The Labute approximate surface area is 155 Å². The van der Waals surface area contributed by atoms with Crippen LogP contribution < -0.4 is 10.6 Å². The van der Waals surface area contributed by atoms with Crippen molar-refractivity contribution in [1.82, 2.24) is 9.97 Å². The number of carbonyl (C=O) groups is 1. The lowest BCUT2D eigenvalue weighted by Crippen LogP contribution is -2.15. The SMILES string of the molecule is Cc1cc(C(=O)Nc2ccccc2Cl)nc(Nc2ccc(C#N)cc2)n1. The highest BCUT2D eigenvalue weighted by molar-refractivity contribution is 6.33. The Bertz CT molecular complexity index is 996. The number of hydrogen-bond acceptors (Lipinski definition) is 5. The zero-order valence-electron chi connectivity index (χ0n) is 13.8. The fourth-order valence-corrected chi connectivity index (χ4v) is 2.43.